The number of carbonyl (C=O) groups is 1. The SMILES string of the molecule is CC1(C)Oc2ccc(Cl)cc2[C@H]2OCC3(CCN(Cc4ccccc4OCC(=O)O)CC3)C[C@@H]21. The van der Waals surface area contributed by atoms with E-state index in [2.05, 4.69) is 18.7 Å². The lowest BCUT2D eigenvalue weighted by molar-refractivity contribution is -0.174. The summed E-state index contributed by atoms with van der Waals surface area (Å²) in [6.45, 7) is 7.46. The summed E-state index contributed by atoms with van der Waals surface area (Å²) in [5, 5.41) is 9.67. The number of benzene rings is 2. The lowest BCUT2D eigenvalue weighted by Crippen LogP contribution is -2.54. The summed E-state index contributed by atoms with van der Waals surface area (Å²) in [7, 11) is 0. The molecular formula is C27H32ClNO5. The third-order valence-corrected chi connectivity index (χ3v) is 8.00. The van der Waals surface area contributed by atoms with Crippen LogP contribution in [0.4, 0.5) is 0 Å². The monoisotopic (exact) mass is 485 g/mol. The van der Waals surface area contributed by atoms with Gasteiger partial charge in [0.2, 0.25) is 0 Å². The van der Waals surface area contributed by atoms with E-state index in [1.165, 1.54) is 0 Å². The molecule has 182 valence electrons. The normalized spacial score (nSPS) is 25.1. The number of ether oxygens (including phenoxy) is 3. The molecule has 7 heteroatoms. The van der Waals surface area contributed by atoms with Gasteiger partial charge in [0.15, 0.2) is 6.61 Å². The third-order valence-electron chi connectivity index (χ3n) is 7.77. The number of hydrogen-bond acceptors (Lipinski definition) is 5. The number of fused-ring (bicyclic) bond motifs is 3. The highest BCUT2D eigenvalue weighted by atomic mass is 35.5. The quantitative estimate of drug-likeness (QED) is 0.617. The first-order valence-corrected chi connectivity index (χ1v) is 12.4. The molecule has 0 aliphatic carbocycles. The lowest BCUT2D eigenvalue weighted by Gasteiger charge is -2.54. The largest absolute Gasteiger partial charge is 0.487 e. The zero-order chi connectivity index (χ0) is 23.9. The molecule has 3 aliphatic heterocycles. The average molecular weight is 486 g/mol. The maximum absolute atomic E-state index is 10.9. The van der Waals surface area contributed by atoms with Crippen LogP contribution in [0.2, 0.25) is 5.02 Å². The number of aliphatic carboxylic acids is 1. The Balaban J connectivity index is 1.26. The number of carboxylic acids is 1. The van der Waals surface area contributed by atoms with Crippen molar-refractivity contribution in [3.63, 3.8) is 0 Å². The van der Waals surface area contributed by atoms with Crippen molar-refractivity contribution in [3.05, 3.63) is 58.6 Å². The highest BCUT2D eigenvalue weighted by Gasteiger charge is 2.52. The third kappa shape index (κ3) is 4.64. The first-order valence-electron chi connectivity index (χ1n) is 12.0. The molecule has 3 aliphatic rings. The molecule has 0 bridgehead atoms. The number of para-hydroxylation sites is 1. The molecule has 0 saturated carbocycles. The van der Waals surface area contributed by atoms with Gasteiger partial charge in [0.05, 0.1) is 12.7 Å². The van der Waals surface area contributed by atoms with Gasteiger partial charge in [-0.3, -0.25) is 4.90 Å². The molecule has 5 rings (SSSR count). The Labute approximate surface area is 205 Å². The van der Waals surface area contributed by atoms with Gasteiger partial charge in [-0.2, -0.15) is 0 Å². The van der Waals surface area contributed by atoms with Gasteiger partial charge in [0, 0.05) is 28.6 Å². The molecular weight excluding hydrogens is 454 g/mol. The highest BCUT2D eigenvalue weighted by molar-refractivity contribution is 6.30. The first-order chi connectivity index (χ1) is 16.2. The van der Waals surface area contributed by atoms with Crippen LogP contribution in [0.5, 0.6) is 11.5 Å². The number of rotatable bonds is 5. The van der Waals surface area contributed by atoms with E-state index in [0.717, 1.165) is 62.4 Å². The minimum absolute atomic E-state index is 0.0133. The molecule has 2 saturated heterocycles. The van der Waals surface area contributed by atoms with Crippen molar-refractivity contribution in [1.29, 1.82) is 0 Å². The Morgan fingerprint density at radius 3 is 2.74 bits per heavy atom. The summed E-state index contributed by atoms with van der Waals surface area (Å²) in [4.78, 5) is 13.3. The summed E-state index contributed by atoms with van der Waals surface area (Å²) in [6, 6.07) is 13.5. The van der Waals surface area contributed by atoms with Crippen LogP contribution in [-0.2, 0) is 16.1 Å². The van der Waals surface area contributed by atoms with Gasteiger partial charge in [-0.25, -0.2) is 4.79 Å². The van der Waals surface area contributed by atoms with Crippen molar-refractivity contribution in [2.45, 2.75) is 51.4 Å². The van der Waals surface area contributed by atoms with Crippen molar-refractivity contribution < 1.29 is 24.1 Å². The van der Waals surface area contributed by atoms with E-state index in [1.807, 2.05) is 42.5 Å². The van der Waals surface area contributed by atoms with Gasteiger partial charge in [-0.05, 0) is 75.9 Å². The maximum atomic E-state index is 10.9. The van der Waals surface area contributed by atoms with Crippen molar-refractivity contribution in [1.82, 2.24) is 4.90 Å². The second-order valence-electron chi connectivity index (χ2n) is 10.5. The van der Waals surface area contributed by atoms with Crippen LogP contribution in [0.3, 0.4) is 0 Å². The van der Waals surface area contributed by atoms with Crippen LogP contribution >= 0.6 is 11.6 Å². The second-order valence-corrected chi connectivity index (χ2v) is 10.9. The lowest BCUT2D eigenvalue weighted by atomic mass is 9.64. The van der Waals surface area contributed by atoms with Crippen LogP contribution in [0, 0.1) is 11.3 Å². The Morgan fingerprint density at radius 1 is 1.21 bits per heavy atom. The predicted octanol–water partition coefficient (Wildman–Crippen LogP) is 5.33. The van der Waals surface area contributed by atoms with Crippen LogP contribution in [-0.4, -0.2) is 47.9 Å². The summed E-state index contributed by atoms with van der Waals surface area (Å²) >= 11 is 6.30. The van der Waals surface area contributed by atoms with E-state index < -0.39 is 5.97 Å². The number of nitrogens with zero attached hydrogens (tertiary/aromatic N) is 1. The number of hydrogen-bond donors (Lipinski definition) is 1. The van der Waals surface area contributed by atoms with Crippen molar-refractivity contribution >= 4 is 17.6 Å². The minimum Gasteiger partial charge on any atom is -0.487 e. The Morgan fingerprint density at radius 2 is 1.97 bits per heavy atom. The Bertz CT molecular complexity index is 1060. The molecule has 3 heterocycles. The van der Waals surface area contributed by atoms with Gasteiger partial charge in [0.25, 0.3) is 0 Å². The van der Waals surface area contributed by atoms with Crippen LogP contribution in [0.25, 0.3) is 0 Å². The van der Waals surface area contributed by atoms with Crippen LogP contribution < -0.4 is 9.47 Å². The van der Waals surface area contributed by atoms with E-state index in [0.29, 0.717) is 10.8 Å². The molecule has 0 aromatic heterocycles. The topological polar surface area (TPSA) is 68.2 Å². The minimum atomic E-state index is -0.968. The van der Waals surface area contributed by atoms with E-state index in [-0.39, 0.29) is 29.6 Å². The van der Waals surface area contributed by atoms with Crippen molar-refractivity contribution in [2.75, 3.05) is 26.3 Å². The molecule has 0 radical (unpaired) electrons. The van der Waals surface area contributed by atoms with Gasteiger partial charge in [-0.1, -0.05) is 29.8 Å². The van der Waals surface area contributed by atoms with Crippen molar-refractivity contribution in [2.24, 2.45) is 11.3 Å². The van der Waals surface area contributed by atoms with Crippen molar-refractivity contribution in [3.8, 4) is 11.5 Å². The molecule has 6 nitrogen and oxygen atoms in total. The average Bonchev–Trinajstić information content (AvgIpc) is 2.81. The van der Waals surface area contributed by atoms with Gasteiger partial charge in [-0.15, -0.1) is 0 Å². The smallest absolute Gasteiger partial charge is 0.341 e. The molecule has 1 spiro atoms. The summed E-state index contributed by atoms with van der Waals surface area (Å²) in [6.07, 6.45) is 3.21. The fourth-order valence-electron chi connectivity index (χ4n) is 5.82. The fourth-order valence-corrected chi connectivity index (χ4v) is 6.00. The Kier molecular flexibility index (Phi) is 6.25. The zero-order valence-corrected chi connectivity index (χ0v) is 20.5. The molecule has 2 fully saturated rings. The molecule has 0 unspecified atom stereocenters. The van der Waals surface area contributed by atoms with Crippen LogP contribution in [0.1, 0.15) is 50.3 Å². The van der Waals surface area contributed by atoms with Gasteiger partial charge in [0.1, 0.15) is 17.1 Å². The number of piperidine rings is 1. The van der Waals surface area contributed by atoms with Crippen LogP contribution in [0.15, 0.2) is 42.5 Å². The Hall–Kier alpha value is -2.28. The van der Waals surface area contributed by atoms with E-state index in [4.69, 9.17) is 30.9 Å². The zero-order valence-electron chi connectivity index (χ0n) is 19.8. The summed E-state index contributed by atoms with van der Waals surface area (Å²) in [5.74, 6) is 0.825. The summed E-state index contributed by atoms with van der Waals surface area (Å²) in [5.41, 5.74) is 1.93. The summed E-state index contributed by atoms with van der Waals surface area (Å²) < 4.78 is 18.5. The fraction of sp³-hybridized carbons (Fsp3) is 0.519. The molecule has 34 heavy (non-hydrogen) atoms. The van der Waals surface area contributed by atoms with Gasteiger partial charge < -0.3 is 19.3 Å². The molecule has 0 amide bonds. The molecule has 2 aromatic rings. The second kappa shape index (κ2) is 9.06. The predicted molar refractivity (Wildman–Crippen MR) is 129 cm³/mol. The number of carboxylic acid groups (broad SMARTS) is 1. The first kappa shape index (κ1) is 23.5. The standard InChI is InChI=1S/C27H32ClNO5/c1-26(2)21-14-27(17-33-25(21)20-13-19(28)7-8-23(20)34-26)9-11-29(12-10-27)15-18-5-3-4-6-22(18)32-16-24(30)31/h3-8,13,21,25H,9-12,14-17H2,1-2H3,(H,30,31)/t21-,25+/m0/s1. The molecule has 2 atom stereocenters. The maximum Gasteiger partial charge on any atom is 0.341 e. The highest BCUT2D eigenvalue weighted by Crippen LogP contribution is 2.55. The van der Waals surface area contributed by atoms with E-state index in [1.54, 1.807) is 0 Å². The van der Waals surface area contributed by atoms with E-state index >= 15 is 0 Å². The van der Waals surface area contributed by atoms with E-state index in [9.17, 15) is 4.79 Å². The molecule has 2 aromatic carbocycles. The number of halogens is 1. The molecule has 1 N–H and O–H groups in total. The number of likely N-dealkylation sites (tertiary alicyclic amines) is 1. The van der Waals surface area contributed by atoms with Gasteiger partial charge >= 0.3 is 5.97 Å².